The minimum atomic E-state index is -1.05. The van der Waals surface area contributed by atoms with Gasteiger partial charge < -0.3 is 4.90 Å². The van der Waals surface area contributed by atoms with Crippen LogP contribution in [0.2, 0.25) is 10.0 Å². The molecule has 1 heterocycles. The minimum Gasteiger partial charge on any atom is -0.309 e. The van der Waals surface area contributed by atoms with Crippen LogP contribution in [0, 0.1) is 11.3 Å². The number of benzene rings is 2. The molecule has 5 nitrogen and oxygen atoms in total. The molecule has 0 spiro atoms. The fourth-order valence-electron chi connectivity index (χ4n) is 3.83. The highest BCUT2D eigenvalue weighted by molar-refractivity contribution is 9.10. The Morgan fingerprint density at radius 3 is 2.29 bits per heavy atom. The van der Waals surface area contributed by atoms with Crippen molar-refractivity contribution in [3.8, 4) is 6.07 Å². The number of anilines is 1. The molecular weight excluding hydrogens is 501 g/mol. The average Bonchev–Trinajstić information content (AvgIpc) is 2.89. The van der Waals surface area contributed by atoms with Crippen molar-refractivity contribution < 1.29 is 9.59 Å². The van der Waals surface area contributed by atoms with Crippen molar-refractivity contribution in [2.24, 2.45) is 0 Å². The first-order valence-corrected chi connectivity index (χ1v) is 11.5. The van der Waals surface area contributed by atoms with E-state index in [-0.39, 0.29) is 11.9 Å². The van der Waals surface area contributed by atoms with Crippen molar-refractivity contribution in [1.29, 1.82) is 5.26 Å². The van der Waals surface area contributed by atoms with Gasteiger partial charge in [-0.25, -0.2) is 9.69 Å². The molecule has 0 aliphatic carbocycles. The van der Waals surface area contributed by atoms with Gasteiger partial charge in [-0.2, -0.15) is 5.26 Å². The Labute approximate surface area is 200 Å². The zero-order valence-electron chi connectivity index (χ0n) is 17.1. The zero-order chi connectivity index (χ0) is 22.6. The van der Waals surface area contributed by atoms with Crippen LogP contribution in [0.15, 0.2) is 46.9 Å². The lowest BCUT2D eigenvalue weighted by atomic mass is 9.91. The maximum absolute atomic E-state index is 13.6. The van der Waals surface area contributed by atoms with Gasteiger partial charge in [-0.3, -0.25) is 4.79 Å². The molecule has 1 atom stereocenters. The molecule has 0 saturated carbocycles. The molecule has 3 amide bonds. The fourth-order valence-corrected chi connectivity index (χ4v) is 4.61. The highest BCUT2D eigenvalue weighted by Crippen LogP contribution is 2.37. The lowest BCUT2D eigenvalue weighted by molar-refractivity contribution is -0.124. The van der Waals surface area contributed by atoms with E-state index in [1.165, 1.54) is 4.90 Å². The van der Waals surface area contributed by atoms with E-state index in [4.69, 9.17) is 28.5 Å². The van der Waals surface area contributed by atoms with Crippen LogP contribution in [0.25, 0.3) is 0 Å². The van der Waals surface area contributed by atoms with Crippen molar-refractivity contribution >= 4 is 56.8 Å². The number of urea groups is 1. The molecule has 0 unspecified atom stereocenters. The van der Waals surface area contributed by atoms with Gasteiger partial charge in [0.2, 0.25) is 0 Å². The third-order valence-electron chi connectivity index (χ3n) is 5.42. The van der Waals surface area contributed by atoms with Crippen LogP contribution in [0.5, 0.6) is 0 Å². The quantitative estimate of drug-likeness (QED) is 0.289. The first-order chi connectivity index (χ1) is 14.8. The normalized spacial score (nSPS) is 18.5. The van der Waals surface area contributed by atoms with E-state index in [1.54, 1.807) is 30.0 Å². The summed E-state index contributed by atoms with van der Waals surface area (Å²) in [6, 6.07) is 14.2. The highest BCUT2D eigenvalue weighted by atomic mass is 79.9. The van der Waals surface area contributed by atoms with Gasteiger partial charge in [-0.15, -0.1) is 0 Å². The molecule has 1 saturated heterocycles. The number of carbonyl (C=O) groups excluding carboxylic acids is 2. The van der Waals surface area contributed by atoms with Crippen LogP contribution < -0.4 is 4.90 Å². The van der Waals surface area contributed by atoms with Crippen LogP contribution in [0.4, 0.5) is 10.5 Å². The van der Waals surface area contributed by atoms with Gasteiger partial charge in [0.15, 0.2) is 0 Å². The standard InChI is InChI=1S/C23H22BrCl2N3O2/c1-23(15-16-6-8-17(24)9-7-16)21(30)29(20-13-18(25)12-19(26)14-20)22(31)28(23)11-5-3-2-4-10-27/h6-9,12-14H,2-5,11,15H2,1H3/t23-/m1/s1. The molecule has 2 aromatic rings. The summed E-state index contributed by atoms with van der Waals surface area (Å²) in [5, 5.41) is 9.44. The second-order valence-electron chi connectivity index (χ2n) is 7.75. The van der Waals surface area contributed by atoms with Gasteiger partial charge >= 0.3 is 6.03 Å². The van der Waals surface area contributed by atoms with Crippen LogP contribution in [0.1, 0.15) is 38.2 Å². The van der Waals surface area contributed by atoms with Crippen molar-refractivity contribution in [3.05, 3.63) is 62.5 Å². The number of amides is 3. The number of hydrogen-bond donors (Lipinski definition) is 0. The summed E-state index contributed by atoms with van der Waals surface area (Å²) >= 11 is 15.7. The Bertz CT molecular complexity index is 1000. The van der Waals surface area contributed by atoms with Gasteiger partial charge in [0.1, 0.15) is 5.54 Å². The second-order valence-corrected chi connectivity index (χ2v) is 9.54. The van der Waals surface area contributed by atoms with E-state index in [0.717, 1.165) is 22.9 Å². The van der Waals surface area contributed by atoms with Crippen molar-refractivity contribution in [1.82, 2.24) is 4.90 Å². The number of carbonyl (C=O) groups is 2. The van der Waals surface area contributed by atoms with Crippen LogP contribution in [-0.4, -0.2) is 28.9 Å². The summed E-state index contributed by atoms with van der Waals surface area (Å²) in [6.07, 6.45) is 3.15. The van der Waals surface area contributed by atoms with E-state index in [9.17, 15) is 9.59 Å². The molecule has 162 valence electrons. The Morgan fingerprint density at radius 1 is 1.03 bits per heavy atom. The van der Waals surface area contributed by atoms with E-state index < -0.39 is 5.54 Å². The summed E-state index contributed by atoms with van der Waals surface area (Å²) < 4.78 is 0.944. The van der Waals surface area contributed by atoms with E-state index in [2.05, 4.69) is 22.0 Å². The summed E-state index contributed by atoms with van der Waals surface area (Å²) in [5.41, 5.74) is 0.267. The third-order valence-corrected chi connectivity index (χ3v) is 6.38. The molecule has 0 bridgehead atoms. The first-order valence-electron chi connectivity index (χ1n) is 10.00. The van der Waals surface area contributed by atoms with E-state index in [0.29, 0.717) is 41.5 Å². The monoisotopic (exact) mass is 521 g/mol. The summed E-state index contributed by atoms with van der Waals surface area (Å²) in [4.78, 5) is 29.8. The number of rotatable bonds is 8. The molecule has 1 aliphatic heterocycles. The third kappa shape index (κ3) is 5.23. The molecule has 1 fully saturated rings. The predicted octanol–water partition coefficient (Wildman–Crippen LogP) is 6.61. The average molecular weight is 523 g/mol. The maximum Gasteiger partial charge on any atom is 0.332 e. The smallest absolute Gasteiger partial charge is 0.309 e. The molecule has 31 heavy (non-hydrogen) atoms. The molecule has 2 aromatic carbocycles. The number of imide groups is 1. The van der Waals surface area contributed by atoms with Gasteiger partial charge in [0.25, 0.3) is 5.91 Å². The Hall–Kier alpha value is -2.07. The van der Waals surface area contributed by atoms with Crippen molar-refractivity contribution in [2.45, 2.75) is 44.6 Å². The van der Waals surface area contributed by atoms with Gasteiger partial charge in [-0.1, -0.05) is 57.7 Å². The van der Waals surface area contributed by atoms with E-state index in [1.807, 2.05) is 24.3 Å². The SMILES string of the molecule is C[C@@]1(Cc2ccc(Br)cc2)C(=O)N(c2cc(Cl)cc(Cl)c2)C(=O)N1CCCCCC#N. The lowest BCUT2D eigenvalue weighted by Crippen LogP contribution is -2.49. The number of unbranched alkanes of at least 4 members (excludes halogenated alkanes) is 3. The molecule has 0 N–H and O–H groups in total. The van der Waals surface area contributed by atoms with Gasteiger partial charge in [0.05, 0.1) is 11.8 Å². The largest absolute Gasteiger partial charge is 0.332 e. The number of hydrogen-bond acceptors (Lipinski definition) is 3. The zero-order valence-corrected chi connectivity index (χ0v) is 20.2. The molecule has 1 aliphatic rings. The highest BCUT2D eigenvalue weighted by Gasteiger charge is 2.54. The predicted molar refractivity (Wildman–Crippen MR) is 126 cm³/mol. The van der Waals surface area contributed by atoms with Gasteiger partial charge in [0, 0.05) is 33.9 Å². The minimum absolute atomic E-state index is 0.309. The number of nitriles is 1. The number of halogens is 3. The molecule has 8 heteroatoms. The summed E-state index contributed by atoms with van der Waals surface area (Å²) in [7, 11) is 0. The van der Waals surface area contributed by atoms with Gasteiger partial charge in [-0.05, 0) is 55.7 Å². The van der Waals surface area contributed by atoms with Crippen LogP contribution in [-0.2, 0) is 11.2 Å². The summed E-state index contributed by atoms with van der Waals surface area (Å²) in [5.74, 6) is -0.309. The van der Waals surface area contributed by atoms with Crippen molar-refractivity contribution in [2.75, 3.05) is 11.4 Å². The molecule has 0 radical (unpaired) electrons. The van der Waals surface area contributed by atoms with Crippen LogP contribution in [0.3, 0.4) is 0 Å². The fraction of sp³-hybridized carbons (Fsp3) is 0.348. The van der Waals surface area contributed by atoms with Crippen LogP contribution >= 0.6 is 39.1 Å². The Kier molecular flexibility index (Phi) is 7.64. The van der Waals surface area contributed by atoms with Crippen molar-refractivity contribution in [3.63, 3.8) is 0 Å². The molecule has 3 rings (SSSR count). The molecular formula is C23H22BrCl2N3O2. The maximum atomic E-state index is 13.6. The second kappa shape index (κ2) is 10.0. The lowest BCUT2D eigenvalue weighted by Gasteiger charge is -2.32. The Balaban J connectivity index is 1.93. The Morgan fingerprint density at radius 2 is 1.68 bits per heavy atom. The van der Waals surface area contributed by atoms with E-state index >= 15 is 0 Å². The topological polar surface area (TPSA) is 64.4 Å². The summed E-state index contributed by atoms with van der Waals surface area (Å²) in [6.45, 7) is 2.23. The first kappa shape index (κ1) is 23.6. The number of nitrogens with zero attached hydrogens (tertiary/aromatic N) is 3. The molecule has 0 aromatic heterocycles.